The highest BCUT2D eigenvalue weighted by molar-refractivity contribution is 5.94. The summed E-state index contributed by atoms with van der Waals surface area (Å²) >= 11 is 0. The van der Waals surface area contributed by atoms with Crippen LogP contribution in [-0.4, -0.2) is 24.1 Å². The average Bonchev–Trinajstić information content (AvgIpc) is 2.54. The molecule has 5 heteroatoms. The molecule has 2 aromatic carbocycles. The summed E-state index contributed by atoms with van der Waals surface area (Å²) in [4.78, 5) is 11.4. The van der Waals surface area contributed by atoms with E-state index in [0.29, 0.717) is 28.4 Å². The molecule has 0 aliphatic heterocycles. The van der Waals surface area contributed by atoms with E-state index in [1.165, 1.54) is 6.92 Å². The molecule has 0 unspecified atom stereocenters. The molecular formula is C17H15NO4. The largest absolute Gasteiger partial charge is 0.491 e. The van der Waals surface area contributed by atoms with E-state index < -0.39 is 0 Å². The quantitative estimate of drug-likeness (QED) is 0.829. The van der Waals surface area contributed by atoms with Gasteiger partial charge in [-0.15, -0.1) is 0 Å². The Kier molecular flexibility index (Phi) is 5.12. The lowest BCUT2D eigenvalue weighted by Gasteiger charge is -2.10. The SMILES string of the molecule is CC(=O)c1ccc(C#N)c(Oc2ccc(OCCO)cc2)c1. The molecule has 0 bridgehead atoms. The number of benzene rings is 2. The molecule has 2 rings (SSSR count). The summed E-state index contributed by atoms with van der Waals surface area (Å²) in [6.45, 7) is 1.62. The summed E-state index contributed by atoms with van der Waals surface area (Å²) in [5, 5.41) is 17.8. The number of nitriles is 1. The fourth-order valence-electron chi connectivity index (χ4n) is 1.81. The van der Waals surface area contributed by atoms with Crippen molar-refractivity contribution >= 4 is 5.78 Å². The van der Waals surface area contributed by atoms with Crippen molar-refractivity contribution in [2.24, 2.45) is 0 Å². The van der Waals surface area contributed by atoms with Crippen molar-refractivity contribution in [1.82, 2.24) is 0 Å². The molecule has 112 valence electrons. The van der Waals surface area contributed by atoms with E-state index >= 15 is 0 Å². The second kappa shape index (κ2) is 7.25. The summed E-state index contributed by atoms with van der Waals surface area (Å²) in [5.74, 6) is 1.37. The van der Waals surface area contributed by atoms with Crippen LogP contribution in [0.2, 0.25) is 0 Å². The molecule has 0 atom stereocenters. The van der Waals surface area contributed by atoms with Gasteiger partial charge in [0, 0.05) is 5.56 Å². The molecule has 0 heterocycles. The van der Waals surface area contributed by atoms with E-state index in [0.717, 1.165) is 0 Å². The number of nitrogens with zero attached hydrogens (tertiary/aromatic N) is 1. The van der Waals surface area contributed by atoms with Crippen LogP contribution in [0.25, 0.3) is 0 Å². The maximum Gasteiger partial charge on any atom is 0.159 e. The third-order valence-electron chi connectivity index (χ3n) is 2.92. The van der Waals surface area contributed by atoms with Gasteiger partial charge in [-0.25, -0.2) is 0 Å². The summed E-state index contributed by atoms with van der Waals surface area (Å²) in [5.41, 5.74) is 0.836. The number of carbonyl (C=O) groups excluding carboxylic acids is 1. The van der Waals surface area contributed by atoms with E-state index in [-0.39, 0.29) is 19.0 Å². The van der Waals surface area contributed by atoms with Crippen molar-refractivity contribution in [3.8, 4) is 23.3 Å². The average molecular weight is 297 g/mol. The van der Waals surface area contributed by atoms with Crippen LogP contribution >= 0.6 is 0 Å². The first-order chi connectivity index (χ1) is 10.6. The van der Waals surface area contributed by atoms with E-state index in [9.17, 15) is 4.79 Å². The van der Waals surface area contributed by atoms with Gasteiger partial charge >= 0.3 is 0 Å². The van der Waals surface area contributed by atoms with Crippen molar-refractivity contribution in [1.29, 1.82) is 5.26 Å². The number of ketones is 1. The molecule has 0 aliphatic rings. The standard InChI is InChI=1S/C17H15NO4/c1-12(20)13-2-3-14(11-18)17(10-13)22-16-6-4-15(5-7-16)21-9-8-19/h2-7,10,19H,8-9H2,1H3. The summed E-state index contributed by atoms with van der Waals surface area (Å²) < 4.78 is 10.9. The lowest BCUT2D eigenvalue weighted by molar-refractivity contribution is 0.101. The number of hydrogen-bond acceptors (Lipinski definition) is 5. The van der Waals surface area contributed by atoms with Gasteiger partial charge in [-0.1, -0.05) is 0 Å². The third-order valence-corrected chi connectivity index (χ3v) is 2.92. The summed E-state index contributed by atoms with van der Waals surface area (Å²) in [6.07, 6.45) is 0. The van der Waals surface area contributed by atoms with Crippen LogP contribution in [0.5, 0.6) is 17.2 Å². The number of rotatable bonds is 6. The Morgan fingerprint density at radius 2 is 1.86 bits per heavy atom. The lowest BCUT2D eigenvalue weighted by Crippen LogP contribution is -2.01. The first kappa shape index (κ1) is 15.5. The Morgan fingerprint density at radius 1 is 1.18 bits per heavy atom. The zero-order valence-corrected chi connectivity index (χ0v) is 12.1. The van der Waals surface area contributed by atoms with Gasteiger partial charge in [-0.05, 0) is 49.4 Å². The monoisotopic (exact) mass is 297 g/mol. The predicted molar refractivity (Wildman–Crippen MR) is 80.3 cm³/mol. The number of hydrogen-bond donors (Lipinski definition) is 1. The Balaban J connectivity index is 2.21. The van der Waals surface area contributed by atoms with Gasteiger partial charge in [0.15, 0.2) is 5.78 Å². The molecule has 0 fully saturated rings. The van der Waals surface area contributed by atoms with Gasteiger partial charge in [0.25, 0.3) is 0 Å². The molecular weight excluding hydrogens is 282 g/mol. The Bertz CT molecular complexity index is 702. The van der Waals surface area contributed by atoms with E-state index in [1.54, 1.807) is 42.5 Å². The van der Waals surface area contributed by atoms with Crippen LogP contribution in [-0.2, 0) is 0 Å². The van der Waals surface area contributed by atoms with Crippen molar-refractivity contribution in [2.45, 2.75) is 6.92 Å². The molecule has 22 heavy (non-hydrogen) atoms. The molecule has 1 N–H and O–H groups in total. The molecule has 0 amide bonds. The third kappa shape index (κ3) is 3.84. The molecule has 5 nitrogen and oxygen atoms in total. The maximum atomic E-state index is 11.4. The Labute approximate surface area is 128 Å². The zero-order valence-electron chi connectivity index (χ0n) is 12.1. The van der Waals surface area contributed by atoms with Gasteiger partial charge in [0.05, 0.1) is 12.2 Å². The van der Waals surface area contributed by atoms with E-state index in [2.05, 4.69) is 0 Å². The lowest BCUT2D eigenvalue weighted by atomic mass is 10.1. The predicted octanol–water partition coefficient (Wildman–Crippen LogP) is 2.92. The topological polar surface area (TPSA) is 79.6 Å². The molecule has 2 aromatic rings. The minimum atomic E-state index is -0.0953. The second-order valence-electron chi connectivity index (χ2n) is 4.52. The van der Waals surface area contributed by atoms with Gasteiger partial charge in [-0.2, -0.15) is 5.26 Å². The van der Waals surface area contributed by atoms with Gasteiger partial charge in [0.1, 0.15) is 29.9 Å². The van der Waals surface area contributed by atoms with Crippen molar-refractivity contribution in [3.63, 3.8) is 0 Å². The van der Waals surface area contributed by atoms with Crippen LogP contribution in [0.15, 0.2) is 42.5 Å². The minimum absolute atomic E-state index is 0.0539. The second-order valence-corrected chi connectivity index (χ2v) is 4.52. The molecule has 0 aliphatic carbocycles. The van der Waals surface area contributed by atoms with E-state index in [1.807, 2.05) is 6.07 Å². The molecule has 0 saturated carbocycles. The van der Waals surface area contributed by atoms with Crippen molar-refractivity contribution in [3.05, 3.63) is 53.6 Å². The maximum absolute atomic E-state index is 11.4. The van der Waals surface area contributed by atoms with Gasteiger partial charge < -0.3 is 14.6 Å². The first-order valence-electron chi connectivity index (χ1n) is 6.70. The van der Waals surface area contributed by atoms with Crippen LogP contribution in [0.4, 0.5) is 0 Å². The molecule has 0 aromatic heterocycles. The molecule has 0 spiro atoms. The highest BCUT2D eigenvalue weighted by Gasteiger charge is 2.09. The van der Waals surface area contributed by atoms with Crippen LogP contribution in [0.3, 0.4) is 0 Å². The van der Waals surface area contributed by atoms with E-state index in [4.69, 9.17) is 19.8 Å². The normalized spacial score (nSPS) is 9.86. The number of aliphatic hydroxyl groups is 1. The fraction of sp³-hybridized carbons (Fsp3) is 0.176. The zero-order chi connectivity index (χ0) is 15.9. The Morgan fingerprint density at radius 3 is 2.45 bits per heavy atom. The fourth-order valence-corrected chi connectivity index (χ4v) is 1.81. The smallest absolute Gasteiger partial charge is 0.159 e. The number of carbonyl (C=O) groups is 1. The van der Waals surface area contributed by atoms with Crippen LogP contribution < -0.4 is 9.47 Å². The highest BCUT2D eigenvalue weighted by Crippen LogP contribution is 2.27. The Hall–Kier alpha value is -2.84. The molecule has 0 radical (unpaired) electrons. The first-order valence-corrected chi connectivity index (χ1v) is 6.70. The van der Waals surface area contributed by atoms with Crippen molar-refractivity contribution < 1.29 is 19.4 Å². The number of ether oxygens (including phenoxy) is 2. The number of Topliss-reactive ketones (excluding diaryl/α,β-unsaturated/α-hetero) is 1. The van der Waals surface area contributed by atoms with Crippen LogP contribution in [0, 0.1) is 11.3 Å². The van der Waals surface area contributed by atoms with Gasteiger partial charge in [-0.3, -0.25) is 4.79 Å². The highest BCUT2D eigenvalue weighted by atomic mass is 16.5. The van der Waals surface area contributed by atoms with Crippen LogP contribution in [0.1, 0.15) is 22.8 Å². The van der Waals surface area contributed by atoms with Crippen molar-refractivity contribution in [2.75, 3.05) is 13.2 Å². The van der Waals surface area contributed by atoms with Gasteiger partial charge in [0.2, 0.25) is 0 Å². The summed E-state index contributed by atoms with van der Waals surface area (Å²) in [7, 11) is 0. The molecule has 0 saturated heterocycles. The minimum Gasteiger partial charge on any atom is -0.491 e. The number of aliphatic hydroxyl groups excluding tert-OH is 1. The summed E-state index contributed by atoms with van der Waals surface area (Å²) in [6, 6.07) is 13.5.